The zero-order chi connectivity index (χ0) is 17.5. The Morgan fingerprint density at radius 3 is 2.88 bits per heavy atom. The number of thioether (sulfide) groups is 1. The molecule has 0 saturated heterocycles. The first-order chi connectivity index (χ1) is 11.5. The number of hydrogen-bond donors (Lipinski definition) is 2. The van der Waals surface area contributed by atoms with Crippen molar-refractivity contribution in [3.8, 4) is 0 Å². The van der Waals surface area contributed by atoms with Gasteiger partial charge in [-0.25, -0.2) is 14.6 Å². The van der Waals surface area contributed by atoms with E-state index < -0.39 is 6.10 Å². The summed E-state index contributed by atoms with van der Waals surface area (Å²) < 4.78 is 7.50. The van der Waals surface area contributed by atoms with Crippen LogP contribution in [0.2, 0.25) is 19.1 Å². The molecule has 133 valence electrons. The largest absolute Gasteiger partial charge is 0.392 e. The molecule has 24 heavy (non-hydrogen) atoms. The minimum absolute atomic E-state index is 0.185. The predicted octanol–water partition coefficient (Wildman–Crippen LogP) is 2.46. The maximum absolute atomic E-state index is 9.47. The van der Waals surface area contributed by atoms with Gasteiger partial charge in [0.2, 0.25) is 0 Å². The van der Waals surface area contributed by atoms with Crippen LogP contribution in [0.1, 0.15) is 13.3 Å². The average molecular weight is 369 g/mol. The Morgan fingerprint density at radius 2 is 2.21 bits per heavy atom. The number of nitrogens with one attached hydrogen (secondary N) is 1. The van der Waals surface area contributed by atoms with Crippen LogP contribution in [-0.4, -0.2) is 59.2 Å². The molecule has 2 N–H and O–H groups in total. The maximum atomic E-state index is 9.47. The van der Waals surface area contributed by atoms with Crippen molar-refractivity contribution in [2.24, 2.45) is 0 Å². The van der Waals surface area contributed by atoms with Crippen molar-refractivity contribution in [2.45, 2.75) is 50.5 Å². The molecule has 0 aliphatic heterocycles. The summed E-state index contributed by atoms with van der Waals surface area (Å²) in [6, 6.07) is 1.26. The number of ether oxygens (including phenoxy) is 1. The number of fused-ring (bicyclic) bond motifs is 1. The minimum Gasteiger partial charge on any atom is -0.392 e. The van der Waals surface area contributed by atoms with Gasteiger partial charge in [-0.15, -0.1) is 0 Å². The third kappa shape index (κ3) is 5.44. The van der Waals surface area contributed by atoms with Gasteiger partial charge in [0, 0.05) is 21.9 Å². The summed E-state index contributed by atoms with van der Waals surface area (Å²) in [5.74, 6) is 0.695. The first-order valence-corrected chi connectivity index (χ1v) is 12.0. The molecular formula is C15H26N5O2SSi. The van der Waals surface area contributed by atoms with Gasteiger partial charge in [-0.05, 0) is 19.6 Å². The molecule has 0 unspecified atom stereocenters. The molecule has 2 rings (SSSR count). The van der Waals surface area contributed by atoms with Gasteiger partial charge < -0.3 is 15.2 Å². The summed E-state index contributed by atoms with van der Waals surface area (Å²) in [6.45, 7) is 7.92. The molecule has 0 aliphatic rings. The van der Waals surface area contributed by atoms with E-state index in [0.717, 1.165) is 24.1 Å². The molecule has 1 radical (unpaired) electrons. The first-order valence-electron chi connectivity index (χ1n) is 8.07. The highest BCUT2D eigenvalue weighted by Gasteiger charge is 2.13. The third-order valence-corrected chi connectivity index (χ3v) is 5.30. The van der Waals surface area contributed by atoms with E-state index in [0.29, 0.717) is 24.2 Å². The lowest BCUT2D eigenvalue weighted by molar-refractivity contribution is 0.0718. The van der Waals surface area contributed by atoms with E-state index >= 15 is 0 Å². The van der Waals surface area contributed by atoms with Crippen molar-refractivity contribution in [3.63, 3.8) is 0 Å². The smallest absolute Gasteiger partial charge is 0.191 e. The lowest BCUT2D eigenvalue weighted by atomic mass is 10.3. The molecule has 0 spiro atoms. The van der Waals surface area contributed by atoms with Crippen LogP contribution in [0.5, 0.6) is 0 Å². The number of aliphatic hydroxyl groups excluding tert-OH is 1. The topological polar surface area (TPSA) is 85.1 Å². The van der Waals surface area contributed by atoms with Crippen LogP contribution in [0.3, 0.4) is 0 Å². The Morgan fingerprint density at radius 1 is 1.42 bits per heavy atom. The van der Waals surface area contributed by atoms with Crippen LogP contribution in [0.15, 0.2) is 11.4 Å². The lowest BCUT2D eigenvalue weighted by Crippen LogP contribution is -2.16. The van der Waals surface area contributed by atoms with Gasteiger partial charge in [0.1, 0.15) is 12.5 Å². The summed E-state index contributed by atoms with van der Waals surface area (Å²) in [5.41, 5.74) is 0.748. The summed E-state index contributed by atoms with van der Waals surface area (Å²) >= 11 is 1.48. The predicted molar refractivity (Wildman–Crippen MR) is 100 cm³/mol. The molecule has 7 nitrogen and oxygen atoms in total. The second-order valence-electron chi connectivity index (χ2n) is 6.02. The number of aromatic nitrogens is 4. The zero-order valence-electron chi connectivity index (χ0n) is 14.7. The molecule has 2 aromatic heterocycles. The number of hydrogen-bond acceptors (Lipinski definition) is 7. The van der Waals surface area contributed by atoms with Gasteiger partial charge in [0.15, 0.2) is 10.8 Å². The molecule has 2 aromatic rings. The highest BCUT2D eigenvalue weighted by molar-refractivity contribution is 7.98. The lowest BCUT2D eigenvalue weighted by Gasteiger charge is -2.10. The first kappa shape index (κ1) is 19.2. The van der Waals surface area contributed by atoms with Crippen molar-refractivity contribution < 1.29 is 9.84 Å². The molecule has 0 fully saturated rings. The maximum Gasteiger partial charge on any atom is 0.191 e. The van der Waals surface area contributed by atoms with Crippen LogP contribution in [0.4, 0.5) is 5.82 Å². The van der Waals surface area contributed by atoms with Crippen LogP contribution in [0.25, 0.3) is 11.0 Å². The van der Waals surface area contributed by atoms with Crippen LogP contribution in [-0.2, 0) is 11.5 Å². The third-order valence-electron chi connectivity index (χ3n) is 3.40. The monoisotopic (exact) mass is 368 g/mol. The van der Waals surface area contributed by atoms with Crippen LogP contribution < -0.4 is 5.32 Å². The highest BCUT2D eigenvalue weighted by Crippen LogP contribution is 2.23. The quantitative estimate of drug-likeness (QED) is 0.288. The summed E-state index contributed by atoms with van der Waals surface area (Å²) in [5, 5.41) is 18.5. The van der Waals surface area contributed by atoms with Gasteiger partial charge in [0.25, 0.3) is 0 Å². The van der Waals surface area contributed by atoms with Gasteiger partial charge in [0.05, 0.1) is 17.7 Å². The molecule has 9 heteroatoms. The number of anilines is 1. The standard InChI is InChI=1S/C15H26N5O2SSi/c1-11(21)8-16-13-12-9-17-20(10-22-6-5-7-24(3)4)14(12)19-15(18-13)23-2/h9,11,21H,5-8,10H2,1-4H3,(H,16,18,19)/t11-/m0/s1. The Hall–Kier alpha value is -1.16. The Kier molecular flexibility index (Phi) is 7.47. The second kappa shape index (κ2) is 9.35. The fourth-order valence-electron chi connectivity index (χ4n) is 2.18. The van der Waals surface area contributed by atoms with Crippen molar-refractivity contribution in [1.29, 1.82) is 0 Å². The van der Waals surface area contributed by atoms with E-state index in [9.17, 15) is 5.11 Å². The summed E-state index contributed by atoms with van der Waals surface area (Å²) in [7, 11) is -0.185. The SMILES string of the molecule is CSc1nc(NC[C@H](C)O)c2cnn(COCCC[Si](C)C)c2n1. The average Bonchev–Trinajstić information content (AvgIpc) is 2.95. The Bertz CT molecular complexity index is 650. The van der Waals surface area contributed by atoms with Gasteiger partial charge in [-0.2, -0.15) is 5.10 Å². The van der Waals surface area contributed by atoms with Gasteiger partial charge >= 0.3 is 0 Å². The van der Waals surface area contributed by atoms with Crippen LogP contribution in [0, 0.1) is 0 Å². The van der Waals surface area contributed by atoms with Crippen molar-refractivity contribution in [3.05, 3.63) is 6.20 Å². The highest BCUT2D eigenvalue weighted by atomic mass is 32.2. The molecule has 0 aromatic carbocycles. The minimum atomic E-state index is -0.449. The van der Waals surface area contributed by atoms with E-state index in [1.165, 1.54) is 17.8 Å². The fourth-order valence-corrected chi connectivity index (χ4v) is 3.39. The zero-order valence-corrected chi connectivity index (χ0v) is 16.6. The van der Waals surface area contributed by atoms with Crippen LogP contribution >= 0.6 is 11.8 Å². The Labute approximate surface area is 148 Å². The molecule has 1 atom stereocenters. The normalized spacial score (nSPS) is 12.9. The molecule has 2 heterocycles. The molecule has 0 saturated carbocycles. The number of rotatable bonds is 10. The van der Waals surface area contributed by atoms with E-state index in [1.807, 2.05) is 6.26 Å². The molecule has 0 amide bonds. The molecular weight excluding hydrogens is 342 g/mol. The number of aliphatic hydroxyl groups is 1. The molecule has 0 bridgehead atoms. The van der Waals surface area contributed by atoms with Crippen molar-refractivity contribution in [1.82, 2.24) is 19.7 Å². The Balaban J connectivity index is 2.09. The van der Waals surface area contributed by atoms with E-state index in [2.05, 4.69) is 33.5 Å². The van der Waals surface area contributed by atoms with Crippen molar-refractivity contribution >= 4 is 37.4 Å². The molecule has 0 aliphatic carbocycles. The van der Waals surface area contributed by atoms with Gasteiger partial charge in [-0.1, -0.05) is 30.9 Å². The fraction of sp³-hybridized carbons (Fsp3) is 0.667. The second-order valence-corrected chi connectivity index (χ2v) is 9.71. The van der Waals surface area contributed by atoms with E-state index in [1.54, 1.807) is 17.8 Å². The summed E-state index contributed by atoms with van der Waals surface area (Å²) in [6.07, 6.45) is 4.32. The van der Waals surface area contributed by atoms with E-state index in [-0.39, 0.29) is 8.80 Å². The number of nitrogens with zero attached hydrogens (tertiary/aromatic N) is 4. The van der Waals surface area contributed by atoms with E-state index in [4.69, 9.17) is 4.74 Å². The van der Waals surface area contributed by atoms with Crippen molar-refractivity contribution in [2.75, 3.05) is 24.7 Å². The summed E-state index contributed by atoms with van der Waals surface area (Å²) in [4.78, 5) is 9.02. The van der Waals surface area contributed by atoms with Gasteiger partial charge in [-0.3, -0.25) is 0 Å².